The highest BCUT2D eigenvalue weighted by atomic mass is 35.5. The van der Waals surface area contributed by atoms with Crippen LogP contribution in [0.4, 0.5) is 4.39 Å². The molecule has 4 aromatic rings. The molecule has 0 amide bonds. The molecule has 6 nitrogen and oxygen atoms in total. The zero-order valence-electron chi connectivity index (χ0n) is 23.0. The lowest BCUT2D eigenvalue weighted by molar-refractivity contribution is 0.171. The molecular formula is C33H31ClFN3O3. The Morgan fingerprint density at radius 1 is 1.10 bits per heavy atom. The maximum absolute atomic E-state index is 14.6. The first kappa shape index (κ1) is 28.6. The molecule has 41 heavy (non-hydrogen) atoms. The summed E-state index contributed by atoms with van der Waals surface area (Å²) in [7, 11) is 1.67. The number of ether oxygens (including phenoxy) is 3. The molecule has 0 saturated heterocycles. The topological polar surface area (TPSA) is 76.4 Å². The Labute approximate surface area is 244 Å². The molecule has 3 aromatic carbocycles. The second-order valence-corrected chi connectivity index (χ2v) is 10.5. The summed E-state index contributed by atoms with van der Waals surface area (Å²) in [6.07, 6.45) is 4.48. The number of benzene rings is 3. The van der Waals surface area contributed by atoms with Gasteiger partial charge in [-0.1, -0.05) is 48.0 Å². The quantitative estimate of drug-likeness (QED) is 0.205. The molecule has 0 saturated carbocycles. The molecule has 5 rings (SSSR count). The first-order valence-corrected chi connectivity index (χ1v) is 13.9. The van der Waals surface area contributed by atoms with E-state index in [1.807, 2.05) is 49.4 Å². The lowest BCUT2D eigenvalue weighted by Gasteiger charge is -2.20. The van der Waals surface area contributed by atoms with Crippen LogP contribution in [0.5, 0.6) is 11.5 Å². The summed E-state index contributed by atoms with van der Waals surface area (Å²) in [5.41, 5.74) is 5.71. The van der Waals surface area contributed by atoms with Gasteiger partial charge in [0.2, 0.25) is 0 Å². The minimum absolute atomic E-state index is 0.123. The van der Waals surface area contributed by atoms with Crippen LogP contribution < -0.4 is 14.8 Å². The molecule has 0 radical (unpaired) electrons. The molecule has 210 valence electrons. The van der Waals surface area contributed by atoms with Crippen LogP contribution in [0.1, 0.15) is 47.3 Å². The van der Waals surface area contributed by atoms with E-state index in [1.165, 1.54) is 12.3 Å². The first-order chi connectivity index (χ1) is 20.0. The molecule has 8 heteroatoms. The van der Waals surface area contributed by atoms with Crippen LogP contribution >= 0.6 is 11.6 Å². The van der Waals surface area contributed by atoms with Crippen LogP contribution in [0.2, 0.25) is 5.02 Å². The number of pyridine rings is 1. The Bertz CT molecular complexity index is 1570. The Balaban J connectivity index is 1.41. The van der Waals surface area contributed by atoms with Crippen molar-refractivity contribution < 1.29 is 18.6 Å². The van der Waals surface area contributed by atoms with Crippen LogP contribution in [0.25, 0.3) is 11.1 Å². The number of hydrogen-bond donors (Lipinski definition) is 1. The predicted octanol–water partition coefficient (Wildman–Crippen LogP) is 7.18. The van der Waals surface area contributed by atoms with Crippen LogP contribution in [0.15, 0.2) is 73.1 Å². The van der Waals surface area contributed by atoms with Crippen LogP contribution in [-0.4, -0.2) is 24.7 Å². The van der Waals surface area contributed by atoms with Gasteiger partial charge in [-0.15, -0.1) is 0 Å². The van der Waals surface area contributed by atoms with E-state index in [1.54, 1.807) is 25.4 Å². The van der Waals surface area contributed by atoms with Gasteiger partial charge in [-0.05, 0) is 54.7 Å². The number of aromatic nitrogens is 1. The third kappa shape index (κ3) is 6.68. The summed E-state index contributed by atoms with van der Waals surface area (Å²) >= 11 is 6.76. The molecule has 0 bridgehead atoms. The van der Waals surface area contributed by atoms with Crippen molar-refractivity contribution in [2.45, 2.75) is 45.1 Å². The average molecular weight is 572 g/mol. The number of fused-ring (bicyclic) bond motifs is 1. The SMILES string of the molecule is COC[C@@H](C)NCc1cc(Cl)c(O[C@H]2CCc3c(-c4ccccc4F)cccc32)cc1OCc1cncc(C#N)c1. The molecule has 1 N–H and O–H groups in total. The van der Waals surface area contributed by atoms with Crippen molar-refractivity contribution >= 4 is 11.6 Å². The van der Waals surface area contributed by atoms with Crippen molar-refractivity contribution in [3.63, 3.8) is 0 Å². The van der Waals surface area contributed by atoms with Crippen molar-refractivity contribution in [1.82, 2.24) is 10.3 Å². The van der Waals surface area contributed by atoms with Gasteiger partial charge in [-0.2, -0.15) is 5.26 Å². The highest BCUT2D eigenvalue weighted by Crippen LogP contribution is 2.43. The van der Waals surface area contributed by atoms with Gasteiger partial charge in [0.05, 0.1) is 17.2 Å². The fourth-order valence-corrected chi connectivity index (χ4v) is 5.38. The maximum Gasteiger partial charge on any atom is 0.142 e. The number of nitrogens with one attached hydrogen (secondary N) is 1. The number of methoxy groups -OCH3 is 1. The Hall–Kier alpha value is -3.96. The number of nitriles is 1. The minimum atomic E-state index is -0.241. The first-order valence-electron chi connectivity index (χ1n) is 13.5. The van der Waals surface area contributed by atoms with Gasteiger partial charge < -0.3 is 19.5 Å². The predicted molar refractivity (Wildman–Crippen MR) is 156 cm³/mol. The molecular weight excluding hydrogens is 541 g/mol. The smallest absolute Gasteiger partial charge is 0.142 e. The van der Waals surface area contributed by atoms with Crippen molar-refractivity contribution in [3.8, 4) is 28.7 Å². The lowest BCUT2D eigenvalue weighted by atomic mass is 9.96. The summed E-state index contributed by atoms with van der Waals surface area (Å²) in [6.45, 7) is 3.33. The number of nitrogens with zero attached hydrogens (tertiary/aromatic N) is 2. The highest BCUT2D eigenvalue weighted by Gasteiger charge is 2.28. The lowest BCUT2D eigenvalue weighted by Crippen LogP contribution is -2.29. The third-order valence-corrected chi connectivity index (χ3v) is 7.44. The number of halogens is 2. The van der Waals surface area contributed by atoms with Gasteiger partial charge >= 0.3 is 0 Å². The van der Waals surface area contributed by atoms with E-state index in [0.717, 1.165) is 40.7 Å². The van der Waals surface area contributed by atoms with E-state index < -0.39 is 0 Å². The molecule has 0 spiro atoms. The maximum atomic E-state index is 14.6. The van der Waals surface area contributed by atoms with Gasteiger partial charge in [-0.25, -0.2) is 4.39 Å². The van der Waals surface area contributed by atoms with Gasteiger partial charge in [0, 0.05) is 54.8 Å². The molecule has 1 heterocycles. The standard InChI is InChI=1S/C33H31ClFN3O3/c1-21(19-39-2)38-18-24-13-29(34)33(14-32(24)40-20-23-12-22(15-36)16-37-17-23)41-31-11-10-26-25(7-5-8-28(26)31)27-6-3-4-9-30(27)35/h3-9,12-14,16-17,21,31,38H,10-11,18-20H2,1-2H3/t21-,31+/m1/s1. The summed E-state index contributed by atoms with van der Waals surface area (Å²) < 4.78 is 32.6. The van der Waals surface area contributed by atoms with Gasteiger partial charge in [0.15, 0.2) is 0 Å². The van der Waals surface area contributed by atoms with E-state index in [0.29, 0.717) is 40.8 Å². The van der Waals surface area contributed by atoms with Gasteiger partial charge in [0.1, 0.15) is 36.1 Å². The second-order valence-electron chi connectivity index (χ2n) is 10.1. The number of rotatable bonds is 11. The largest absolute Gasteiger partial charge is 0.488 e. The number of hydrogen-bond acceptors (Lipinski definition) is 6. The Morgan fingerprint density at radius 2 is 1.93 bits per heavy atom. The van der Waals surface area contributed by atoms with Crippen molar-refractivity contribution in [3.05, 3.63) is 112 Å². The zero-order chi connectivity index (χ0) is 28.8. The van der Waals surface area contributed by atoms with Crippen LogP contribution in [0, 0.1) is 17.1 Å². The Morgan fingerprint density at radius 3 is 2.73 bits per heavy atom. The summed E-state index contributed by atoms with van der Waals surface area (Å²) in [5, 5.41) is 13.1. The van der Waals surface area contributed by atoms with E-state index in [-0.39, 0.29) is 24.6 Å². The normalized spacial score (nSPS) is 14.8. The average Bonchev–Trinajstić information content (AvgIpc) is 3.40. The van der Waals surface area contributed by atoms with Gasteiger partial charge in [-0.3, -0.25) is 4.98 Å². The van der Waals surface area contributed by atoms with Crippen LogP contribution in [0.3, 0.4) is 0 Å². The van der Waals surface area contributed by atoms with Crippen molar-refractivity contribution in [2.75, 3.05) is 13.7 Å². The highest BCUT2D eigenvalue weighted by molar-refractivity contribution is 6.32. The molecule has 0 unspecified atom stereocenters. The fourth-order valence-electron chi connectivity index (χ4n) is 5.14. The van der Waals surface area contributed by atoms with Crippen LogP contribution in [-0.2, 0) is 24.3 Å². The minimum Gasteiger partial charge on any atom is -0.488 e. The van der Waals surface area contributed by atoms with E-state index >= 15 is 0 Å². The molecule has 1 aliphatic rings. The van der Waals surface area contributed by atoms with Crippen molar-refractivity contribution in [1.29, 1.82) is 5.26 Å². The molecule has 1 aromatic heterocycles. The van der Waals surface area contributed by atoms with E-state index in [4.69, 9.17) is 25.8 Å². The van der Waals surface area contributed by atoms with Gasteiger partial charge in [0.25, 0.3) is 0 Å². The summed E-state index contributed by atoms with van der Waals surface area (Å²) in [5.74, 6) is 0.880. The third-order valence-electron chi connectivity index (χ3n) is 7.14. The molecule has 2 atom stereocenters. The zero-order valence-corrected chi connectivity index (χ0v) is 23.7. The monoisotopic (exact) mass is 571 g/mol. The second kappa shape index (κ2) is 13.1. The fraction of sp³-hybridized carbons (Fsp3) is 0.273. The summed E-state index contributed by atoms with van der Waals surface area (Å²) in [4.78, 5) is 4.13. The molecule has 0 fully saturated rings. The molecule has 0 aliphatic heterocycles. The van der Waals surface area contributed by atoms with E-state index in [2.05, 4.69) is 16.4 Å². The Kier molecular flexibility index (Phi) is 9.15. The summed E-state index contributed by atoms with van der Waals surface area (Å²) in [6, 6.07) is 20.4. The van der Waals surface area contributed by atoms with Crippen molar-refractivity contribution in [2.24, 2.45) is 0 Å². The van der Waals surface area contributed by atoms with E-state index in [9.17, 15) is 9.65 Å². The molecule has 1 aliphatic carbocycles.